The summed E-state index contributed by atoms with van der Waals surface area (Å²) in [5.74, 6) is 0.203. The molecule has 3 aromatic rings. The third-order valence-corrected chi connectivity index (χ3v) is 7.31. The van der Waals surface area contributed by atoms with Crippen molar-refractivity contribution >= 4 is 28.9 Å². The summed E-state index contributed by atoms with van der Waals surface area (Å²) in [6, 6.07) is 25.3. The predicted octanol–water partition coefficient (Wildman–Crippen LogP) is 6.73. The number of nitrogens with one attached hydrogen (secondary N) is 1. The molecular formula is C32H34N2O4S. The van der Waals surface area contributed by atoms with Crippen molar-refractivity contribution < 1.29 is 19.1 Å². The van der Waals surface area contributed by atoms with Gasteiger partial charge in [-0.05, 0) is 68.0 Å². The Labute approximate surface area is 234 Å². The number of amidine groups is 1. The molecule has 0 saturated heterocycles. The highest BCUT2D eigenvalue weighted by molar-refractivity contribution is 8.13. The van der Waals surface area contributed by atoms with Crippen molar-refractivity contribution in [2.24, 2.45) is 4.99 Å². The van der Waals surface area contributed by atoms with E-state index in [1.54, 1.807) is 31.7 Å². The Balaban J connectivity index is 1.53. The largest absolute Gasteiger partial charge is 0.463 e. The normalized spacial score (nSPS) is 14.8. The van der Waals surface area contributed by atoms with Crippen molar-refractivity contribution in [2.45, 2.75) is 39.7 Å². The number of hydrogen-bond acceptors (Lipinski definition) is 7. The van der Waals surface area contributed by atoms with E-state index in [0.29, 0.717) is 24.4 Å². The standard InChI is InChI=1S/C32H34N2O4S/c1-4-37-30(35)27-15-9-14-26(21-27)24-16-18-25(19-17-24)29-28(31(36)38-5-2)22(3)33-32(34-29)39-20-10-13-23-11-7-6-8-12-23/h6-9,11-12,14-19,21,29H,4-5,10,13,20H2,1-3H3,(H,33,34). The van der Waals surface area contributed by atoms with E-state index in [1.165, 1.54) is 5.56 Å². The first kappa shape index (κ1) is 28.2. The Morgan fingerprint density at radius 3 is 2.31 bits per heavy atom. The number of benzene rings is 3. The van der Waals surface area contributed by atoms with Crippen molar-refractivity contribution in [3.05, 3.63) is 107 Å². The highest BCUT2D eigenvalue weighted by Gasteiger charge is 2.30. The summed E-state index contributed by atoms with van der Waals surface area (Å²) in [6.45, 7) is 6.11. The second kappa shape index (κ2) is 13.8. The lowest BCUT2D eigenvalue weighted by molar-refractivity contribution is -0.138. The van der Waals surface area contributed by atoms with Crippen LogP contribution in [-0.4, -0.2) is 36.1 Å². The van der Waals surface area contributed by atoms with Crippen LogP contribution in [0.2, 0.25) is 0 Å². The number of aliphatic imine (C=N–C) groups is 1. The zero-order chi connectivity index (χ0) is 27.6. The number of esters is 2. The van der Waals surface area contributed by atoms with Crippen LogP contribution in [0.25, 0.3) is 11.1 Å². The number of rotatable bonds is 10. The summed E-state index contributed by atoms with van der Waals surface area (Å²) in [4.78, 5) is 30.0. The van der Waals surface area contributed by atoms with Crippen LogP contribution in [0.15, 0.2) is 95.1 Å². The minimum absolute atomic E-state index is 0.295. The molecule has 1 unspecified atom stereocenters. The molecule has 3 aromatic carbocycles. The molecule has 6 nitrogen and oxygen atoms in total. The average Bonchev–Trinajstić information content (AvgIpc) is 2.96. The average molecular weight is 543 g/mol. The van der Waals surface area contributed by atoms with Gasteiger partial charge in [0.25, 0.3) is 0 Å². The van der Waals surface area contributed by atoms with Gasteiger partial charge in [-0.1, -0.05) is 78.5 Å². The van der Waals surface area contributed by atoms with Gasteiger partial charge in [-0.25, -0.2) is 14.6 Å². The minimum Gasteiger partial charge on any atom is -0.463 e. The molecule has 0 amide bonds. The fourth-order valence-electron chi connectivity index (χ4n) is 4.42. The smallest absolute Gasteiger partial charge is 0.338 e. The Morgan fingerprint density at radius 1 is 0.872 bits per heavy atom. The van der Waals surface area contributed by atoms with E-state index in [4.69, 9.17) is 14.5 Å². The van der Waals surface area contributed by atoms with Gasteiger partial charge in [0.1, 0.15) is 6.04 Å². The third kappa shape index (κ3) is 7.39. The molecule has 0 spiro atoms. The predicted molar refractivity (Wildman–Crippen MR) is 158 cm³/mol. The first-order valence-electron chi connectivity index (χ1n) is 13.3. The van der Waals surface area contributed by atoms with E-state index in [1.807, 2.05) is 55.5 Å². The molecule has 0 radical (unpaired) electrons. The summed E-state index contributed by atoms with van der Waals surface area (Å²) in [5.41, 5.74) is 5.87. The summed E-state index contributed by atoms with van der Waals surface area (Å²) >= 11 is 1.66. The topological polar surface area (TPSA) is 77.0 Å². The summed E-state index contributed by atoms with van der Waals surface area (Å²) in [7, 11) is 0. The Hall–Kier alpha value is -3.84. The molecule has 0 fully saturated rings. The van der Waals surface area contributed by atoms with Crippen LogP contribution in [0.5, 0.6) is 0 Å². The fraction of sp³-hybridized carbons (Fsp3) is 0.281. The van der Waals surface area contributed by atoms with Crippen molar-refractivity contribution in [3.63, 3.8) is 0 Å². The molecule has 7 heteroatoms. The fourth-order valence-corrected chi connectivity index (χ4v) is 5.31. The molecule has 0 bridgehead atoms. The van der Waals surface area contributed by atoms with Crippen molar-refractivity contribution in [2.75, 3.05) is 19.0 Å². The van der Waals surface area contributed by atoms with Crippen LogP contribution >= 0.6 is 11.8 Å². The molecule has 0 saturated carbocycles. The molecule has 0 aliphatic carbocycles. The quantitative estimate of drug-likeness (QED) is 0.226. The second-order valence-electron chi connectivity index (χ2n) is 9.08. The molecule has 1 aliphatic rings. The molecule has 202 valence electrons. The third-order valence-electron chi connectivity index (χ3n) is 6.34. The van der Waals surface area contributed by atoms with Crippen LogP contribution in [0, 0.1) is 0 Å². The SMILES string of the molecule is CCOC(=O)C1=C(C)NC(SCCCc2ccccc2)=NC1c1ccc(-c2cccc(C(=O)OCC)c2)cc1. The van der Waals surface area contributed by atoms with Crippen LogP contribution < -0.4 is 5.32 Å². The van der Waals surface area contributed by atoms with Crippen molar-refractivity contribution in [1.29, 1.82) is 0 Å². The van der Waals surface area contributed by atoms with Gasteiger partial charge >= 0.3 is 11.9 Å². The van der Waals surface area contributed by atoms with E-state index in [0.717, 1.165) is 46.1 Å². The van der Waals surface area contributed by atoms with Gasteiger partial charge in [0.15, 0.2) is 5.17 Å². The lowest BCUT2D eigenvalue weighted by Gasteiger charge is -2.26. The van der Waals surface area contributed by atoms with Crippen LogP contribution in [0.4, 0.5) is 0 Å². The van der Waals surface area contributed by atoms with Gasteiger partial charge in [-0.2, -0.15) is 0 Å². The number of carbonyl (C=O) groups excluding carboxylic acids is 2. The van der Waals surface area contributed by atoms with E-state index in [-0.39, 0.29) is 11.9 Å². The number of ether oxygens (including phenoxy) is 2. The molecular weight excluding hydrogens is 508 g/mol. The van der Waals surface area contributed by atoms with Gasteiger partial charge < -0.3 is 14.8 Å². The van der Waals surface area contributed by atoms with Crippen molar-refractivity contribution in [1.82, 2.24) is 5.32 Å². The summed E-state index contributed by atoms with van der Waals surface area (Å²) in [5, 5.41) is 4.11. The number of thioether (sulfide) groups is 1. The van der Waals surface area contributed by atoms with Gasteiger partial charge in [-0.3, -0.25) is 0 Å². The molecule has 1 heterocycles. The van der Waals surface area contributed by atoms with Crippen LogP contribution in [0.1, 0.15) is 54.7 Å². The molecule has 1 N–H and O–H groups in total. The Morgan fingerprint density at radius 2 is 1.59 bits per heavy atom. The molecule has 4 rings (SSSR count). The first-order valence-corrected chi connectivity index (χ1v) is 14.3. The Bertz CT molecular complexity index is 1350. The maximum Gasteiger partial charge on any atom is 0.338 e. The molecule has 1 aliphatic heterocycles. The van der Waals surface area contributed by atoms with E-state index < -0.39 is 6.04 Å². The maximum atomic E-state index is 12.9. The summed E-state index contributed by atoms with van der Waals surface area (Å²) in [6.07, 6.45) is 2.03. The van der Waals surface area contributed by atoms with E-state index in [2.05, 4.69) is 29.6 Å². The van der Waals surface area contributed by atoms with E-state index >= 15 is 0 Å². The second-order valence-corrected chi connectivity index (χ2v) is 10.2. The maximum absolute atomic E-state index is 12.9. The highest BCUT2D eigenvalue weighted by atomic mass is 32.2. The molecule has 0 aromatic heterocycles. The number of allylic oxidation sites excluding steroid dienone is 1. The molecule has 1 atom stereocenters. The number of carbonyl (C=O) groups is 2. The lowest BCUT2D eigenvalue weighted by Crippen LogP contribution is -2.30. The van der Waals surface area contributed by atoms with E-state index in [9.17, 15) is 9.59 Å². The zero-order valence-electron chi connectivity index (χ0n) is 22.6. The number of aryl methyl sites for hydroxylation is 1. The highest BCUT2D eigenvalue weighted by Crippen LogP contribution is 2.34. The van der Waals surface area contributed by atoms with Crippen LogP contribution in [-0.2, 0) is 20.7 Å². The monoisotopic (exact) mass is 542 g/mol. The van der Waals surface area contributed by atoms with Gasteiger partial charge in [0, 0.05) is 11.4 Å². The van der Waals surface area contributed by atoms with Crippen molar-refractivity contribution in [3.8, 4) is 11.1 Å². The van der Waals surface area contributed by atoms with Crippen LogP contribution in [0.3, 0.4) is 0 Å². The first-order chi connectivity index (χ1) is 19.0. The number of nitrogens with zero attached hydrogens (tertiary/aromatic N) is 1. The minimum atomic E-state index is -0.471. The lowest BCUT2D eigenvalue weighted by atomic mass is 9.94. The Kier molecular flexibility index (Phi) is 9.97. The zero-order valence-corrected chi connectivity index (χ0v) is 23.4. The van der Waals surface area contributed by atoms with Gasteiger partial charge in [0.2, 0.25) is 0 Å². The summed E-state index contributed by atoms with van der Waals surface area (Å²) < 4.78 is 10.5. The van der Waals surface area contributed by atoms with Gasteiger partial charge in [-0.15, -0.1) is 0 Å². The molecule has 39 heavy (non-hydrogen) atoms. The number of hydrogen-bond donors (Lipinski definition) is 1. The van der Waals surface area contributed by atoms with Gasteiger partial charge in [0.05, 0.1) is 24.4 Å².